The molecule has 3 rings (SSSR count). The van der Waals surface area contributed by atoms with Gasteiger partial charge in [-0.2, -0.15) is 0 Å². The Hall–Kier alpha value is -1.21. The Bertz CT molecular complexity index is 806. The van der Waals surface area contributed by atoms with Gasteiger partial charge in [-0.25, -0.2) is 13.1 Å². The van der Waals surface area contributed by atoms with E-state index in [0.29, 0.717) is 11.4 Å². The van der Waals surface area contributed by atoms with Crippen molar-refractivity contribution in [2.45, 2.75) is 30.7 Å². The first-order chi connectivity index (χ1) is 12.0. The van der Waals surface area contributed by atoms with Crippen LogP contribution in [-0.4, -0.2) is 33.0 Å². The number of nitrogens with one attached hydrogen (secondary N) is 1. The van der Waals surface area contributed by atoms with Crippen LogP contribution in [0.5, 0.6) is 0 Å². The van der Waals surface area contributed by atoms with Crippen LogP contribution in [0.2, 0.25) is 0 Å². The van der Waals surface area contributed by atoms with Crippen molar-refractivity contribution in [3.05, 3.63) is 64.1 Å². The molecule has 2 aromatic rings. The number of unbranched alkanes of at least 4 members (excludes halogenated alkanes) is 1. The third-order valence-electron chi connectivity index (χ3n) is 4.53. The summed E-state index contributed by atoms with van der Waals surface area (Å²) < 4.78 is 28.0. The molecule has 0 unspecified atom stereocenters. The highest BCUT2D eigenvalue weighted by Crippen LogP contribution is 2.18. The highest BCUT2D eigenvalue weighted by molar-refractivity contribution is 9.10. The van der Waals surface area contributed by atoms with Crippen molar-refractivity contribution >= 4 is 26.0 Å². The molecule has 0 spiro atoms. The summed E-state index contributed by atoms with van der Waals surface area (Å²) in [6.45, 7) is 3.57. The number of benzene rings is 2. The third kappa shape index (κ3) is 5.14. The molecular formula is C19H23BrN2O2S. The normalized spacial score (nSPS) is 15.1. The van der Waals surface area contributed by atoms with Crippen LogP contribution in [0.3, 0.4) is 0 Å². The minimum absolute atomic E-state index is 0.309. The van der Waals surface area contributed by atoms with Gasteiger partial charge in [0.25, 0.3) is 0 Å². The van der Waals surface area contributed by atoms with Crippen LogP contribution in [0.4, 0.5) is 0 Å². The molecule has 2 aromatic carbocycles. The quantitative estimate of drug-likeness (QED) is 0.693. The zero-order chi connectivity index (χ0) is 17.7. The van der Waals surface area contributed by atoms with Crippen LogP contribution < -0.4 is 4.72 Å². The highest BCUT2D eigenvalue weighted by Gasteiger charge is 2.15. The van der Waals surface area contributed by atoms with Gasteiger partial charge in [-0.05, 0) is 61.2 Å². The van der Waals surface area contributed by atoms with Crippen molar-refractivity contribution in [2.24, 2.45) is 0 Å². The first kappa shape index (κ1) is 18.6. The smallest absolute Gasteiger partial charge is 0.240 e. The van der Waals surface area contributed by atoms with Crippen LogP contribution in [-0.2, 0) is 23.0 Å². The van der Waals surface area contributed by atoms with Gasteiger partial charge in [0, 0.05) is 24.1 Å². The van der Waals surface area contributed by atoms with Crippen molar-refractivity contribution in [2.75, 3.05) is 19.6 Å². The predicted molar refractivity (Wildman–Crippen MR) is 104 cm³/mol. The molecule has 0 aliphatic carbocycles. The molecule has 0 fully saturated rings. The second-order valence-corrected chi connectivity index (χ2v) is 9.04. The number of rotatable bonds is 7. The topological polar surface area (TPSA) is 49.4 Å². The summed E-state index contributed by atoms with van der Waals surface area (Å²) in [7, 11) is -3.41. The van der Waals surface area contributed by atoms with E-state index in [-0.39, 0.29) is 0 Å². The number of halogens is 1. The van der Waals surface area contributed by atoms with Gasteiger partial charge in [0.1, 0.15) is 0 Å². The SMILES string of the molecule is O=S(=O)(NCCCCN1CCc2ccccc2C1)c1ccc(Br)cc1. The van der Waals surface area contributed by atoms with Gasteiger partial charge in [0.05, 0.1) is 4.90 Å². The van der Waals surface area contributed by atoms with Crippen LogP contribution in [0.15, 0.2) is 57.9 Å². The zero-order valence-electron chi connectivity index (χ0n) is 14.1. The summed E-state index contributed by atoms with van der Waals surface area (Å²) in [6, 6.07) is 15.3. The summed E-state index contributed by atoms with van der Waals surface area (Å²) in [4.78, 5) is 2.76. The summed E-state index contributed by atoms with van der Waals surface area (Å²) in [5.41, 5.74) is 2.88. The van der Waals surface area contributed by atoms with E-state index in [4.69, 9.17) is 0 Å². The average molecular weight is 423 g/mol. The summed E-state index contributed by atoms with van der Waals surface area (Å²) in [5.74, 6) is 0. The molecule has 4 nitrogen and oxygen atoms in total. The maximum Gasteiger partial charge on any atom is 0.240 e. The molecule has 0 aromatic heterocycles. The molecule has 0 bridgehead atoms. The van der Waals surface area contributed by atoms with Gasteiger partial charge in [0.2, 0.25) is 10.0 Å². The third-order valence-corrected chi connectivity index (χ3v) is 6.53. The summed E-state index contributed by atoms with van der Waals surface area (Å²) >= 11 is 3.31. The minimum atomic E-state index is -3.41. The van der Waals surface area contributed by atoms with Crippen LogP contribution in [0.1, 0.15) is 24.0 Å². The summed E-state index contributed by atoms with van der Waals surface area (Å²) in [5, 5.41) is 0. The molecular weight excluding hydrogens is 400 g/mol. The second-order valence-electron chi connectivity index (χ2n) is 6.35. The van der Waals surface area contributed by atoms with Gasteiger partial charge in [-0.15, -0.1) is 0 Å². The molecule has 1 aliphatic rings. The molecule has 0 radical (unpaired) electrons. The maximum atomic E-state index is 12.2. The fraction of sp³-hybridized carbons (Fsp3) is 0.368. The van der Waals surface area contributed by atoms with Crippen LogP contribution in [0.25, 0.3) is 0 Å². The number of hydrogen-bond donors (Lipinski definition) is 1. The Morgan fingerprint density at radius 1 is 1.00 bits per heavy atom. The maximum absolute atomic E-state index is 12.2. The largest absolute Gasteiger partial charge is 0.299 e. The van der Waals surface area contributed by atoms with Crippen molar-refractivity contribution in [1.29, 1.82) is 0 Å². The van der Waals surface area contributed by atoms with E-state index in [2.05, 4.69) is 49.8 Å². The predicted octanol–water partition coefficient (Wildman–Crippen LogP) is 3.57. The van der Waals surface area contributed by atoms with Crippen molar-refractivity contribution in [1.82, 2.24) is 9.62 Å². The monoisotopic (exact) mass is 422 g/mol. The van der Waals surface area contributed by atoms with Gasteiger partial charge in [0.15, 0.2) is 0 Å². The Kier molecular flexibility index (Phi) is 6.28. The lowest BCUT2D eigenvalue weighted by Gasteiger charge is -2.28. The Morgan fingerprint density at radius 2 is 1.72 bits per heavy atom. The van der Waals surface area contributed by atoms with E-state index in [1.165, 1.54) is 11.1 Å². The average Bonchev–Trinajstić information content (AvgIpc) is 2.61. The molecule has 0 amide bonds. The molecule has 0 atom stereocenters. The molecule has 6 heteroatoms. The van der Waals surface area contributed by atoms with Gasteiger partial charge in [-0.3, -0.25) is 4.90 Å². The fourth-order valence-electron chi connectivity index (χ4n) is 3.11. The van der Waals surface area contributed by atoms with Crippen LogP contribution in [0, 0.1) is 0 Å². The van der Waals surface area contributed by atoms with Crippen molar-refractivity contribution in [3.8, 4) is 0 Å². The van der Waals surface area contributed by atoms with Crippen molar-refractivity contribution < 1.29 is 8.42 Å². The molecule has 134 valence electrons. The number of hydrogen-bond acceptors (Lipinski definition) is 3. The van der Waals surface area contributed by atoms with Crippen molar-refractivity contribution in [3.63, 3.8) is 0 Å². The van der Waals surface area contributed by atoms with E-state index in [1.54, 1.807) is 24.3 Å². The van der Waals surface area contributed by atoms with E-state index < -0.39 is 10.0 Å². The zero-order valence-corrected chi connectivity index (χ0v) is 16.5. The molecule has 1 aliphatic heterocycles. The van der Waals surface area contributed by atoms with Gasteiger partial charge >= 0.3 is 0 Å². The molecule has 0 saturated carbocycles. The lowest BCUT2D eigenvalue weighted by Crippen LogP contribution is -2.32. The number of fused-ring (bicyclic) bond motifs is 1. The Morgan fingerprint density at radius 3 is 2.48 bits per heavy atom. The lowest BCUT2D eigenvalue weighted by atomic mass is 10.00. The molecule has 1 N–H and O–H groups in total. The highest BCUT2D eigenvalue weighted by atomic mass is 79.9. The molecule has 1 heterocycles. The van der Waals surface area contributed by atoms with E-state index in [1.807, 2.05) is 0 Å². The lowest BCUT2D eigenvalue weighted by molar-refractivity contribution is 0.249. The Balaban J connectivity index is 1.40. The van der Waals surface area contributed by atoms with E-state index >= 15 is 0 Å². The first-order valence-corrected chi connectivity index (χ1v) is 10.9. The summed E-state index contributed by atoms with van der Waals surface area (Å²) in [6.07, 6.45) is 2.94. The van der Waals surface area contributed by atoms with Gasteiger partial charge in [-0.1, -0.05) is 40.2 Å². The fourth-order valence-corrected chi connectivity index (χ4v) is 4.45. The van der Waals surface area contributed by atoms with Gasteiger partial charge < -0.3 is 0 Å². The molecule has 0 saturated heterocycles. The standard InChI is InChI=1S/C19H23BrN2O2S/c20-18-7-9-19(10-8-18)25(23,24)21-12-3-4-13-22-14-11-16-5-1-2-6-17(16)15-22/h1-2,5-10,21H,3-4,11-15H2. The van der Waals surface area contributed by atoms with E-state index in [9.17, 15) is 8.42 Å². The second kappa shape index (κ2) is 8.45. The van der Waals surface area contributed by atoms with E-state index in [0.717, 1.165) is 43.4 Å². The first-order valence-electron chi connectivity index (χ1n) is 8.59. The number of sulfonamides is 1. The Labute approximate surface area is 158 Å². The molecule has 25 heavy (non-hydrogen) atoms. The van der Waals surface area contributed by atoms with Crippen LogP contribution >= 0.6 is 15.9 Å². The minimum Gasteiger partial charge on any atom is -0.299 e. The number of nitrogens with zero attached hydrogens (tertiary/aromatic N) is 1.